The minimum absolute atomic E-state index is 0.0111. The minimum Gasteiger partial charge on any atom is -0.460 e. The van der Waals surface area contributed by atoms with E-state index in [1.54, 1.807) is 47.3 Å². The second kappa shape index (κ2) is 29.1. The standard InChI is InChI=1S/C57H90NO16P/c1-35-17-13-12-14-18-36(2)48(71-26-25-70-44-33-69-34-44)31-43-22-20-41(7)57(65,73-43)54(62)55(63)58-24-16-15-19-45(58)56(64)72-49(38(4)29-42-21-23-47(50(30-42)67-8)74-75(10,11)66)32-46(59)37(3)28-40(6)52(61)53(68-9)51(60)39(5)27-35/h12-14,17-18,28,35,37-39,41-45,47-50,52-53,61,65H,15-16,19-27,29-34H2,1-11H3/b14-12+,17-13+,36-18+,40-28+/t35-,37-,38-,39-,41-,42+,43+,45+,47-,48-,49+,50-,52-,53+,57-/m1/s1. The first-order chi connectivity index (χ1) is 35.5. The molecular weight excluding hydrogens is 986 g/mol. The smallest absolute Gasteiger partial charge is 0.329 e. The number of piperidine rings is 1. The van der Waals surface area contributed by atoms with Gasteiger partial charge in [0, 0.05) is 64.7 Å². The summed E-state index contributed by atoms with van der Waals surface area (Å²) in [6.07, 6.45) is 11.0. The molecule has 75 heavy (non-hydrogen) atoms. The summed E-state index contributed by atoms with van der Waals surface area (Å²) in [6.45, 7) is 17.5. The third-order valence-corrected chi connectivity index (χ3v) is 16.7. The average molecular weight is 1080 g/mol. The van der Waals surface area contributed by atoms with Crippen molar-refractivity contribution >= 4 is 36.6 Å². The van der Waals surface area contributed by atoms with Crippen molar-refractivity contribution in [1.29, 1.82) is 0 Å². The van der Waals surface area contributed by atoms with Crippen LogP contribution in [0.25, 0.3) is 0 Å². The quantitative estimate of drug-likeness (QED) is 0.0634. The maximum Gasteiger partial charge on any atom is 0.329 e. The number of hydrogen-bond donors (Lipinski definition) is 2. The Morgan fingerprint density at radius 3 is 2.24 bits per heavy atom. The van der Waals surface area contributed by atoms with Crippen LogP contribution in [-0.4, -0.2) is 166 Å². The largest absolute Gasteiger partial charge is 0.460 e. The van der Waals surface area contributed by atoms with E-state index >= 15 is 0 Å². The summed E-state index contributed by atoms with van der Waals surface area (Å²) in [5.41, 5.74) is 1.23. The molecule has 18 heteroatoms. The molecule has 0 aromatic rings. The highest BCUT2D eigenvalue weighted by molar-refractivity contribution is 7.57. The van der Waals surface area contributed by atoms with E-state index in [0.29, 0.717) is 76.8 Å². The predicted octanol–water partition coefficient (Wildman–Crippen LogP) is 7.53. The maximum absolute atomic E-state index is 14.6. The fourth-order valence-corrected chi connectivity index (χ4v) is 12.1. The Kier molecular flexibility index (Phi) is 24.3. The van der Waals surface area contributed by atoms with Crippen LogP contribution in [-0.2, 0) is 66.2 Å². The van der Waals surface area contributed by atoms with E-state index in [-0.39, 0.29) is 80.0 Å². The van der Waals surface area contributed by atoms with Crippen molar-refractivity contribution < 1.29 is 76.4 Å². The monoisotopic (exact) mass is 1080 g/mol. The molecule has 17 nitrogen and oxygen atoms in total. The number of methoxy groups -OCH3 is 2. The lowest BCUT2D eigenvalue weighted by Crippen LogP contribution is -2.61. The van der Waals surface area contributed by atoms with Crippen LogP contribution in [0.1, 0.15) is 126 Å². The van der Waals surface area contributed by atoms with Gasteiger partial charge in [-0.3, -0.25) is 23.7 Å². The minimum atomic E-state index is -2.80. The Balaban J connectivity index is 1.46. The topological polar surface area (TPSA) is 220 Å². The molecular formula is C57H90NO16P. The first-order valence-electron chi connectivity index (χ1n) is 27.5. The van der Waals surface area contributed by atoms with Crippen molar-refractivity contribution in [2.24, 2.45) is 35.5 Å². The average Bonchev–Trinajstić information content (AvgIpc) is 3.35. The molecule has 2 bridgehead atoms. The number of cyclic esters (lactones) is 1. The van der Waals surface area contributed by atoms with Crippen molar-refractivity contribution in [3.8, 4) is 0 Å². The number of carbonyl (C=O) groups is 5. The van der Waals surface area contributed by atoms with Gasteiger partial charge in [0.2, 0.25) is 5.79 Å². The third-order valence-electron chi connectivity index (χ3n) is 15.9. The number of Topliss-reactive ketones (excluding diaryl/α,β-unsaturated/α-hetero) is 3. The van der Waals surface area contributed by atoms with E-state index in [1.807, 2.05) is 58.1 Å². The van der Waals surface area contributed by atoms with Gasteiger partial charge in [-0.15, -0.1) is 0 Å². The fraction of sp³-hybridized carbons (Fsp3) is 0.772. The highest BCUT2D eigenvalue weighted by atomic mass is 31.2. The van der Waals surface area contributed by atoms with Gasteiger partial charge in [-0.05, 0) is 107 Å². The Bertz CT molecular complexity index is 2100. The van der Waals surface area contributed by atoms with E-state index < -0.39 is 85.1 Å². The molecule has 0 unspecified atom stereocenters. The highest BCUT2D eigenvalue weighted by Gasteiger charge is 2.53. The summed E-state index contributed by atoms with van der Waals surface area (Å²) in [5, 5.41) is 23.7. The van der Waals surface area contributed by atoms with Crippen LogP contribution in [0.5, 0.6) is 0 Å². The fourth-order valence-electron chi connectivity index (χ4n) is 11.2. The molecule has 3 saturated heterocycles. The van der Waals surface area contributed by atoms with Crippen LogP contribution in [0.2, 0.25) is 0 Å². The number of hydrogen-bond acceptors (Lipinski definition) is 16. The Hall–Kier alpha value is -3.22. The van der Waals surface area contributed by atoms with Gasteiger partial charge in [0.1, 0.15) is 36.2 Å². The predicted molar refractivity (Wildman–Crippen MR) is 283 cm³/mol. The second-order valence-corrected chi connectivity index (χ2v) is 25.3. The molecule has 1 aliphatic carbocycles. The van der Waals surface area contributed by atoms with Crippen LogP contribution in [0, 0.1) is 35.5 Å². The zero-order valence-electron chi connectivity index (χ0n) is 46.6. The molecule has 2 N–H and O–H groups in total. The highest BCUT2D eigenvalue weighted by Crippen LogP contribution is 2.45. The van der Waals surface area contributed by atoms with Gasteiger partial charge in [0.15, 0.2) is 13.2 Å². The number of carbonyl (C=O) groups excluding carboxylic acids is 5. The number of allylic oxidation sites excluding steroid dienone is 6. The summed E-state index contributed by atoms with van der Waals surface area (Å²) < 4.78 is 60.1. The molecule has 5 aliphatic rings. The first-order valence-corrected chi connectivity index (χ1v) is 30.0. The van der Waals surface area contributed by atoms with Gasteiger partial charge in [-0.2, -0.15) is 0 Å². The van der Waals surface area contributed by atoms with Crippen LogP contribution in [0.3, 0.4) is 0 Å². The van der Waals surface area contributed by atoms with Crippen molar-refractivity contribution in [3.63, 3.8) is 0 Å². The van der Waals surface area contributed by atoms with E-state index in [9.17, 15) is 38.8 Å². The van der Waals surface area contributed by atoms with E-state index in [1.165, 1.54) is 12.0 Å². The number of ether oxygens (including phenoxy) is 7. The molecule has 0 aromatic heterocycles. The van der Waals surface area contributed by atoms with Gasteiger partial charge in [0.25, 0.3) is 11.7 Å². The summed E-state index contributed by atoms with van der Waals surface area (Å²) >= 11 is 0. The van der Waals surface area contributed by atoms with Crippen molar-refractivity contribution in [2.75, 3.05) is 60.5 Å². The molecule has 4 heterocycles. The van der Waals surface area contributed by atoms with Crippen LogP contribution in [0.15, 0.2) is 47.6 Å². The van der Waals surface area contributed by atoms with E-state index in [0.717, 1.165) is 12.0 Å². The molecule has 1 saturated carbocycles. The Morgan fingerprint density at radius 2 is 1.57 bits per heavy atom. The molecule has 5 rings (SSSR count). The number of fused-ring (bicyclic) bond motifs is 3. The summed E-state index contributed by atoms with van der Waals surface area (Å²) in [5.74, 6) is -8.30. The molecule has 424 valence electrons. The molecule has 1 amide bonds. The number of ketones is 3. The van der Waals surface area contributed by atoms with Crippen molar-refractivity contribution in [2.45, 2.75) is 186 Å². The molecule has 4 fully saturated rings. The second-order valence-electron chi connectivity index (χ2n) is 22.6. The SMILES string of the molecule is CO[C@@H]1C[C@H](C[C@@H](C)[C@@H]2CC(=O)[C@H](C)/C=C(\C)[C@@H](O)[C@@H](OC)C(=O)[C@H](C)C[C@H](C)/C=C/C=C/C=C(\C)[C@H](OCCOC3COC3)C[C@@H]3CC[C@@H](C)[C@@](O)(O3)C(=O)C(=O)N3CCCC[C@H]3C(=O)O2)CC[C@H]1OP(C)(C)=O. The summed E-state index contributed by atoms with van der Waals surface area (Å²) in [4.78, 5) is 72.9. The van der Waals surface area contributed by atoms with Gasteiger partial charge in [-0.1, -0.05) is 71.1 Å². The van der Waals surface area contributed by atoms with Gasteiger partial charge in [0.05, 0.1) is 50.8 Å². The van der Waals surface area contributed by atoms with E-state index in [2.05, 4.69) is 0 Å². The lowest BCUT2D eigenvalue weighted by Gasteiger charge is -2.43. The maximum atomic E-state index is 14.6. The number of aliphatic hydroxyl groups excluding tert-OH is 1. The molecule has 0 spiro atoms. The van der Waals surface area contributed by atoms with Crippen LogP contribution < -0.4 is 0 Å². The third kappa shape index (κ3) is 17.9. The van der Waals surface area contributed by atoms with Crippen molar-refractivity contribution in [3.05, 3.63) is 47.6 Å². The van der Waals surface area contributed by atoms with Crippen LogP contribution in [0.4, 0.5) is 0 Å². The Labute approximate surface area is 446 Å². The number of amides is 1. The summed E-state index contributed by atoms with van der Waals surface area (Å²) in [7, 11) is 0.172. The molecule has 15 atom stereocenters. The number of nitrogens with zero attached hydrogens (tertiary/aromatic N) is 1. The lowest BCUT2D eigenvalue weighted by atomic mass is 9.78. The number of aliphatic hydroxyl groups is 2. The van der Waals surface area contributed by atoms with Gasteiger partial charge >= 0.3 is 5.97 Å². The molecule has 0 aromatic carbocycles. The number of rotatable bonds is 12. The van der Waals surface area contributed by atoms with E-state index in [4.69, 9.17) is 37.7 Å². The normalized spacial score (nSPS) is 38.0. The van der Waals surface area contributed by atoms with Crippen molar-refractivity contribution in [1.82, 2.24) is 4.90 Å². The Morgan fingerprint density at radius 1 is 0.853 bits per heavy atom. The molecule has 0 radical (unpaired) electrons. The zero-order chi connectivity index (χ0) is 55.2. The molecule has 4 aliphatic heterocycles. The van der Waals surface area contributed by atoms with Crippen LogP contribution >= 0.6 is 7.37 Å². The lowest BCUT2D eigenvalue weighted by molar-refractivity contribution is -0.266. The van der Waals surface area contributed by atoms with Gasteiger partial charge in [-0.25, -0.2) is 4.79 Å². The summed E-state index contributed by atoms with van der Waals surface area (Å²) in [6, 6.07) is -1.18. The zero-order valence-corrected chi connectivity index (χ0v) is 47.5. The van der Waals surface area contributed by atoms with Gasteiger partial charge < -0.3 is 52.8 Å². The number of esters is 1. The first kappa shape index (κ1) is 62.6.